The molecule has 2 unspecified atom stereocenters. The monoisotopic (exact) mass is 262 g/mol. The topological polar surface area (TPSA) is 24.5 Å². The highest BCUT2D eigenvalue weighted by Crippen LogP contribution is 2.20. The fourth-order valence-corrected chi connectivity index (χ4v) is 2.85. The van der Waals surface area contributed by atoms with Gasteiger partial charge in [-0.05, 0) is 30.5 Å². The first kappa shape index (κ1) is 14.4. The summed E-state index contributed by atoms with van der Waals surface area (Å²) in [5.41, 5.74) is 1.33. The Morgan fingerprint density at radius 2 is 2.21 bits per heavy atom. The van der Waals surface area contributed by atoms with E-state index in [1.807, 2.05) is 6.07 Å². The molecule has 1 heterocycles. The van der Waals surface area contributed by atoms with Crippen LogP contribution in [-0.4, -0.2) is 37.2 Å². The van der Waals surface area contributed by atoms with Crippen molar-refractivity contribution < 1.29 is 4.74 Å². The Hall–Kier alpha value is -1.06. The maximum Gasteiger partial charge on any atom is 0.119 e. The Labute approximate surface area is 116 Å². The summed E-state index contributed by atoms with van der Waals surface area (Å²) in [6, 6.07) is 9.59. The predicted octanol–water partition coefficient (Wildman–Crippen LogP) is 2.51. The van der Waals surface area contributed by atoms with Gasteiger partial charge in [-0.1, -0.05) is 26.0 Å². The summed E-state index contributed by atoms with van der Waals surface area (Å²) >= 11 is 0. The van der Waals surface area contributed by atoms with Crippen molar-refractivity contribution in [3.8, 4) is 5.75 Å². The van der Waals surface area contributed by atoms with E-state index in [-0.39, 0.29) is 0 Å². The quantitative estimate of drug-likeness (QED) is 0.902. The standard InChI is InChI=1S/C16H26N2O/c1-12(2)16-9-17-13(3)10-18(16)11-14-6-5-7-15(8-14)19-4/h5-8,12-13,16-17H,9-11H2,1-4H3. The molecule has 2 atom stereocenters. The van der Waals surface area contributed by atoms with Gasteiger partial charge in [0.05, 0.1) is 7.11 Å². The van der Waals surface area contributed by atoms with E-state index < -0.39 is 0 Å². The van der Waals surface area contributed by atoms with Gasteiger partial charge in [-0.2, -0.15) is 0 Å². The van der Waals surface area contributed by atoms with Crippen molar-refractivity contribution >= 4 is 0 Å². The number of hydrogen-bond acceptors (Lipinski definition) is 3. The van der Waals surface area contributed by atoms with Crippen LogP contribution in [0.2, 0.25) is 0 Å². The Bertz CT molecular complexity index is 405. The van der Waals surface area contributed by atoms with Crippen molar-refractivity contribution in [1.29, 1.82) is 0 Å². The van der Waals surface area contributed by atoms with Crippen molar-refractivity contribution in [3.63, 3.8) is 0 Å². The highest BCUT2D eigenvalue weighted by molar-refractivity contribution is 5.28. The molecular formula is C16H26N2O. The fourth-order valence-electron chi connectivity index (χ4n) is 2.85. The van der Waals surface area contributed by atoms with Crippen molar-refractivity contribution in [1.82, 2.24) is 10.2 Å². The number of nitrogens with one attached hydrogen (secondary N) is 1. The minimum atomic E-state index is 0.570. The molecule has 1 aliphatic heterocycles. The molecule has 1 aromatic carbocycles. The third kappa shape index (κ3) is 3.71. The van der Waals surface area contributed by atoms with Crippen molar-refractivity contribution in [2.45, 2.75) is 39.4 Å². The van der Waals surface area contributed by atoms with Crippen LogP contribution in [0.1, 0.15) is 26.3 Å². The van der Waals surface area contributed by atoms with Gasteiger partial charge in [-0.3, -0.25) is 4.90 Å². The lowest BCUT2D eigenvalue weighted by atomic mass is 9.98. The van der Waals surface area contributed by atoms with Crippen LogP contribution in [0.5, 0.6) is 5.75 Å². The Morgan fingerprint density at radius 3 is 2.89 bits per heavy atom. The molecule has 0 aliphatic carbocycles. The normalized spacial score (nSPS) is 24.7. The van der Waals surface area contributed by atoms with Crippen LogP contribution in [0.4, 0.5) is 0 Å². The van der Waals surface area contributed by atoms with E-state index in [4.69, 9.17) is 4.74 Å². The number of hydrogen-bond donors (Lipinski definition) is 1. The molecule has 0 amide bonds. The predicted molar refractivity (Wildman–Crippen MR) is 79.5 cm³/mol. The van der Waals surface area contributed by atoms with Gasteiger partial charge < -0.3 is 10.1 Å². The van der Waals surface area contributed by atoms with Gasteiger partial charge in [0.2, 0.25) is 0 Å². The zero-order chi connectivity index (χ0) is 13.8. The van der Waals surface area contributed by atoms with Gasteiger partial charge in [0, 0.05) is 31.7 Å². The minimum Gasteiger partial charge on any atom is -0.497 e. The van der Waals surface area contributed by atoms with Crippen LogP contribution in [0.3, 0.4) is 0 Å². The molecule has 2 rings (SSSR count). The second-order valence-electron chi connectivity index (χ2n) is 5.90. The maximum absolute atomic E-state index is 5.31. The summed E-state index contributed by atoms with van der Waals surface area (Å²) in [7, 11) is 1.73. The van der Waals surface area contributed by atoms with E-state index in [2.05, 4.69) is 49.2 Å². The van der Waals surface area contributed by atoms with Gasteiger partial charge in [0.1, 0.15) is 5.75 Å². The Kier molecular flexibility index (Phi) is 4.83. The zero-order valence-electron chi connectivity index (χ0n) is 12.5. The number of ether oxygens (including phenoxy) is 1. The molecule has 0 radical (unpaired) electrons. The van der Waals surface area contributed by atoms with Gasteiger partial charge >= 0.3 is 0 Å². The van der Waals surface area contributed by atoms with Gasteiger partial charge in [-0.25, -0.2) is 0 Å². The molecule has 1 aromatic rings. The van der Waals surface area contributed by atoms with E-state index in [9.17, 15) is 0 Å². The molecule has 106 valence electrons. The Balaban J connectivity index is 2.09. The summed E-state index contributed by atoms with van der Waals surface area (Å²) in [6.45, 7) is 10.1. The third-order valence-corrected chi connectivity index (χ3v) is 3.94. The van der Waals surface area contributed by atoms with Crippen molar-refractivity contribution in [2.24, 2.45) is 5.92 Å². The molecular weight excluding hydrogens is 236 g/mol. The van der Waals surface area contributed by atoms with Crippen LogP contribution in [0, 0.1) is 5.92 Å². The lowest BCUT2D eigenvalue weighted by Gasteiger charge is -2.41. The summed E-state index contributed by atoms with van der Waals surface area (Å²) < 4.78 is 5.31. The number of rotatable bonds is 4. The SMILES string of the molecule is COc1cccc(CN2CC(C)NCC2C(C)C)c1. The van der Waals surface area contributed by atoms with E-state index in [1.54, 1.807) is 7.11 Å². The first-order chi connectivity index (χ1) is 9.10. The molecule has 1 aliphatic rings. The highest BCUT2D eigenvalue weighted by atomic mass is 16.5. The lowest BCUT2D eigenvalue weighted by Crippen LogP contribution is -2.56. The van der Waals surface area contributed by atoms with Crippen LogP contribution >= 0.6 is 0 Å². The third-order valence-electron chi connectivity index (χ3n) is 3.94. The molecule has 1 fully saturated rings. The second-order valence-corrected chi connectivity index (χ2v) is 5.90. The number of piperazine rings is 1. The zero-order valence-corrected chi connectivity index (χ0v) is 12.5. The minimum absolute atomic E-state index is 0.570. The number of benzene rings is 1. The van der Waals surface area contributed by atoms with Gasteiger partial charge in [-0.15, -0.1) is 0 Å². The molecule has 0 saturated carbocycles. The molecule has 0 bridgehead atoms. The molecule has 1 N–H and O–H groups in total. The average Bonchev–Trinajstić information content (AvgIpc) is 2.38. The van der Waals surface area contributed by atoms with Gasteiger partial charge in [0.25, 0.3) is 0 Å². The molecule has 0 aromatic heterocycles. The molecule has 1 saturated heterocycles. The average molecular weight is 262 g/mol. The van der Waals surface area contributed by atoms with Crippen LogP contribution in [0.15, 0.2) is 24.3 Å². The molecule has 0 spiro atoms. The van der Waals surface area contributed by atoms with E-state index in [0.29, 0.717) is 18.0 Å². The lowest BCUT2D eigenvalue weighted by molar-refractivity contribution is 0.0955. The summed E-state index contributed by atoms with van der Waals surface area (Å²) in [4.78, 5) is 2.60. The summed E-state index contributed by atoms with van der Waals surface area (Å²) in [5, 5.41) is 3.59. The summed E-state index contributed by atoms with van der Waals surface area (Å²) in [5.74, 6) is 1.62. The van der Waals surface area contributed by atoms with Crippen LogP contribution < -0.4 is 10.1 Å². The largest absolute Gasteiger partial charge is 0.497 e. The van der Waals surface area contributed by atoms with E-state index in [0.717, 1.165) is 25.4 Å². The number of nitrogens with zero attached hydrogens (tertiary/aromatic N) is 1. The molecule has 19 heavy (non-hydrogen) atoms. The number of methoxy groups -OCH3 is 1. The van der Waals surface area contributed by atoms with Gasteiger partial charge in [0.15, 0.2) is 0 Å². The van der Waals surface area contributed by atoms with Crippen LogP contribution in [0.25, 0.3) is 0 Å². The molecule has 3 nitrogen and oxygen atoms in total. The second kappa shape index (κ2) is 6.40. The Morgan fingerprint density at radius 1 is 1.42 bits per heavy atom. The summed E-state index contributed by atoms with van der Waals surface area (Å²) in [6.07, 6.45) is 0. The van der Waals surface area contributed by atoms with Crippen LogP contribution in [-0.2, 0) is 6.54 Å². The first-order valence-corrected chi connectivity index (χ1v) is 7.20. The van der Waals surface area contributed by atoms with Crippen molar-refractivity contribution in [2.75, 3.05) is 20.2 Å². The van der Waals surface area contributed by atoms with E-state index >= 15 is 0 Å². The van der Waals surface area contributed by atoms with Crippen molar-refractivity contribution in [3.05, 3.63) is 29.8 Å². The fraction of sp³-hybridized carbons (Fsp3) is 0.625. The highest BCUT2D eigenvalue weighted by Gasteiger charge is 2.27. The maximum atomic E-state index is 5.31. The smallest absolute Gasteiger partial charge is 0.119 e. The molecule has 3 heteroatoms. The van der Waals surface area contributed by atoms with E-state index in [1.165, 1.54) is 5.56 Å². The first-order valence-electron chi connectivity index (χ1n) is 7.20.